The minimum absolute atomic E-state index is 0.0196. The maximum absolute atomic E-state index is 14.6. The molecule has 45 heavy (non-hydrogen) atoms. The predicted octanol–water partition coefficient (Wildman–Crippen LogP) is 7.00. The molecule has 1 aliphatic rings. The molecular weight excluding hydrogens is 674 g/mol. The molecule has 234 valence electrons. The van der Waals surface area contributed by atoms with Gasteiger partial charge in [0.05, 0.1) is 10.6 Å². The lowest BCUT2D eigenvalue weighted by molar-refractivity contribution is -0.140. The normalized spacial score (nSPS) is 14.1. The van der Waals surface area contributed by atoms with Crippen LogP contribution in [0.25, 0.3) is 0 Å². The first kappa shape index (κ1) is 32.7. The molecule has 1 atom stereocenters. The van der Waals surface area contributed by atoms with E-state index in [2.05, 4.69) is 21.2 Å². The van der Waals surface area contributed by atoms with Gasteiger partial charge in [0, 0.05) is 28.5 Å². The van der Waals surface area contributed by atoms with Crippen molar-refractivity contribution in [2.75, 3.05) is 10.8 Å². The second kappa shape index (κ2) is 15.1. The van der Waals surface area contributed by atoms with E-state index < -0.39 is 28.5 Å². The van der Waals surface area contributed by atoms with Crippen LogP contribution in [0.3, 0.4) is 0 Å². The van der Waals surface area contributed by atoms with Crippen LogP contribution in [0.15, 0.2) is 119 Å². The maximum Gasteiger partial charge on any atom is 0.264 e. The van der Waals surface area contributed by atoms with Gasteiger partial charge in [0.1, 0.15) is 12.6 Å². The number of benzene rings is 4. The van der Waals surface area contributed by atoms with Gasteiger partial charge in [0.15, 0.2) is 0 Å². The summed E-state index contributed by atoms with van der Waals surface area (Å²) in [5.41, 5.74) is 1.84. The highest BCUT2D eigenvalue weighted by Gasteiger charge is 2.35. The molecule has 0 bridgehead atoms. The summed E-state index contributed by atoms with van der Waals surface area (Å²) in [7, 11) is -4.17. The van der Waals surface area contributed by atoms with Crippen LogP contribution >= 0.6 is 27.5 Å². The van der Waals surface area contributed by atoms with E-state index in [9.17, 15) is 18.0 Å². The minimum atomic E-state index is -4.17. The SMILES string of the molecule is O=C(NC1CCCC1)[C@@H](Cc1ccccc1)N(Cc1ccccc1Cl)C(=O)CN(c1cccc(Br)c1)S(=O)(=O)c1ccccc1. The highest BCUT2D eigenvalue weighted by atomic mass is 79.9. The highest BCUT2D eigenvalue weighted by Crippen LogP contribution is 2.28. The Morgan fingerprint density at radius 2 is 1.51 bits per heavy atom. The zero-order valence-corrected chi connectivity index (χ0v) is 27.8. The van der Waals surface area contributed by atoms with Crippen LogP contribution in [0, 0.1) is 0 Å². The Kier molecular flexibility index (Phi) is 11.0. The Hall–Kier alpha value is -3.66. The Labute approximate surface area is 278 Å². The molecule has 0 radical (unpaired) electrons. The lowest BCUT2D eigenvalue weighted by atomic mass is 10.0. The minimum Gasteiger partial charge on any atom is -0.352 e. The van der Waals surface area contributed by atoms with E-state index in [1.165, 1.54) is 17.0 Å². The molecule has 0 aliphatic heterocycles. The van der Waals surface area contributed by atoms with Crippen LogP contribution in [-0.4, -0.2) is 43.8 Å². The van der Waals surface area contributed by atoms with Crippen LogP contribution in [0.2, 0.25) is 5.02 Å². The van der Waals surface area contributed by atoms with Gasteiger partial charge >= 0.3 is 0 Å². The molecule has 2 amide bonds. The smallest absolute Gasteiger partial charge is 0.264 e. The number of nitrogens with one attached hydrogen (secondary N) is 1. The van der Waals surface area contributed by atoms with E-state index in [1.807, 2.05) is 42.5 Å². The fourth-order valence-electron chi connectivity index (χ4n) is 5.61. The zero-order chi connectivity index (χ0) is 31.8. The Morgan fingerprint density at radius 1 is 0.867 bits per heavy atom. The largest absolute Gasteiger partial charge is 0.352 e. The van der Waals surface area contributed by atoms with Crippen LogP contribution in [-0.2, 0) is 32.6 Å². The van der Waals surface area contributed by atoms with E-state index in [0.29, 0.717) is 20.7 Å². The van der Waals surface area contributed by atoms with Gasteiger partial charge in [-0.15, -0.1) is 0 Å². The van der Waals surface area contributed by atoms with E-state index in [0.717, 1.165) is 35.6 Å². The Bertz CT molecular complexity index is 1720. The van der Waals surface area contributed by atoms with Crippen molar-refractivity contribution < 1.29 is 18.0 Å². The summed E-state index contributed by atoms with van der Waals surface area (Å²) in [6.45, 7) is -0.508. The van der Waals surface area contributed by atoms with Crippen LogP contribution < -0.4 is 9.62 Å². The standard InChI is InChI=1S/C35H35BrClN3O4S/c36-28-15-11-18-30(23-28)40(45(43,44)31-19-5-2-6-20-31)25-34(41)39(24-27-14-7-10-21-32(27)37)33(22-26-12-3-1-4-13-26)35(42)38-29-16-8-9-17-29/h1-7,10-15,18-21,23,29,33H,8-9,16-17,22,24-25H2,(H,38,42)/t33-/m1/s1. The molecule has 10 heteroatoms. The quantitative estimate of drug-likeness (QED) is 0.172. The summed E-state index contributed by atoms with van der Waals surface area (Å²) in [4.78, 5) is 30.2. The van der Waals surface area contributed by atoms with E-state index in [-0.39, 0.29) is 29.8 Å². The van der Waals surface area contributed by atoms with Crippen molar-refractivity contribution in [3.63, 3.8) is 0 Å². The number of carbonyl (C=O) groups excluding carboxylic acids is 2. The summed E-state index contributed by atoms with van der Waals surface area (Å²) in [6.07, 6.45) is 4.09. The molecule has 4 aromatic carbocycles. The molecule has 1 fully saturated rings. The Balaban J connectivity index is 1.57. The van der Waals surface area contributed by atoms with Gasteiger partial charge in [-0.1, -0.05) is 113 Å². The van der Waals surface area contributed by atoms with Crippen LogP contribution in [0.1, 0.15) is 36.8 Å². The summed E-state index contributed by atoms with van der Waals surface area (Å²) in [6, 6.07) is 30.6. The van der Waals surface area contributed by atoms with Gasteiger partial charge in [0.25, 0.3) is 10.0 Å². The monoisotopic (exact) mass is 707 g/mol. The third-order valence-electron chi connectivity index (χ3n) is 7.98. The summed E-state index contributed by atoms with van der Waals surface area (Å²) >= 11 is 10.0. The number of nitrogens with zero attached hydrogens (tertiary/aromatic N) is 2. The number of hydrogen-bond donors (Lipinski definition) is 1. The molecule has 7 nitrogen and oxygen atoms in total. The molecule has 0 aromatic heterocycles. The molecule has 5 rings (SSSR count). The molecule has 0 heterocycles. The van der Waals surface area contributed by atoms with E-state index >= 15 is 0 Å². The van der Waals surface area contributed by atoms with Gasteiger partial charge in [-0.3, -0.25) is 13.9 Å². The van der Waals surface area contributed by atoms with Crippen molar-refractivity contribution in [1.82, 2.24) is 10.2 Å². The summed E-state index contributed by atoms with van der Waals surface area (Å²) in [5.74, 6) is -0.803. The van der Waals surface area contributed by atoms with Crippen LogP contribution in [0.5, 0.6) is 0 Å². The number of carbonyl (C=O) groups is 2. The topological polar surface area (TPSA) is 86.8 Å². The van der Waals surface area contributed by atoms with Crippen molar-refractivity contribution >= 4 is 55.1 Å². The first-order chi connectivity index (χ1) is 21.7. The van der Waals surface area contributed by atoms with E-state index in [4.69, 9.17) is 11.6 Å². The van der Waals surface area contributed by atoms with Crippen molar-refractivity contribution in [3.8, 4) is 0 Å². The first-order valence-electron chi connectivity index (χ1n) is 14.9. The number of anilines is 1. The molecule has 0 unspecified atom stereocenters. The number of sulfonamides is 1. The second-order valence-corrected chi connectivity index (χ2v) is 14.3. The van der Waals surface area contributed by atoms with Crippen molar-refractivity contribution in [3.05, 3.63) is 130 Å². The highest BCUT2D eigenvalue weighted by molar-refractivity contribution is 9.10. The van der Waals surface area contributed by atoms with Gasteiger partial charge in [-0.25, -0.2) is 8.42 Å². The second-order valence-electron chi connectivity index (χ2n) is 11.1. The summed E-state index contributed by atoms with van der Waals surface area (Å²) in [5, 5.41) is 3.63. The number of rotatable bonds is 12. The number of halogens is 2. The number of amides is 2. The first-order valence-corrected chi connectivity index (χ1v) is 17.5. The lowest BCUT2D eigenvalue weighted by Crippen LogP contribution is -2.54. The maximum atomic E-state index is 14.6. The predicted molar refractivity (Wildman–Crippen MR) is 181 cm³/mol. The van der Waals surface area contributed by atoms with Crippen LogP contribution in [0.4, 0.5) is 5.69 Å². The number of hydrogen-bond acceptors (Lipinski definition) is 4. The fourth-order valence-corrected chi connectivity index (χ4v) is 7.62. The average molecular weight is 709 g/mol. The van der Waals surface area contributed by atoms with Crippen molar-refractivity contribution in [2.24, 2.45) is 0 Å². The van der Waals surface area contributed by atoms with Crippen molar-refractivity contribution in [2.45, 2.75) is 55.6 Å². The zero-order valence-electron chi connectivity index (χ0n) is 24.7. The molecule has 0 spiro atoms. The van der Waals surface area contributed by atoms with Gasteiger partial charge in [-0.05, 0) is 60.4 Å². The third kappa shape index (κ3) is 8.34. The molecule has 1 aliphatic carbocycles. The molecular formula is C35H35BrClN3O4S. The van der Waals surface area contributed by atoms with E-state index in [1.54, 1.807) is 54.6 Å². The average Bonchev–Trinajstić information content (AvgIpc) is 3.56. The molecule has 0 saturated heterocycles. The van der Waals surface area contributed by atoms with Gasteiger partial charge in [-0.2, -0.15) is 0 Å². The lowest BCUT2D eigenvalue weighted by Gasteiger charge is -2.34. The Morgan fingerprint density at radius 3 is 2.18 bits per heavy atom. The third-order valence-corrected chi connectivity index (χ3v) is 10.6. The fraction of sp³-hybridized carbons (Fsp3) is 0.257. The molecule has 1 N–H and O–H groups in total. The summed E-state index contributed by atoms with van der Waals surface area (Å²) < 4.78 is 29.9. The van der Waals surface area contributed by atoms with Gasteiger partial charge < -0.3 is 10.2 Å². The van der Waals surface area contributed by atoms with Gasteiger partial charge in [0.2, 0.25) is 11.8 Å². The molecule has 4 aromatic rings. The van der Waals surface area contributed by atoms with Crippen molar-refractivity contribution in [1.29, 1.82) is 0 Å². The molecule has 1 saturated carbocycles.